The van der Waals surface area contributed by atoms with Gasteiger partial charge in [-0.1, -0.05) is 43.3 Å². The van der Waals surface area contributed by atoms with Crippen molar-refractivity contribution in [2.75, 3.05) is 0 Å². The summed E-state index contributed by atoms with van der Waals surface area (Å²) >= 11 is 0. The van der Waals surface area contributed by atoms with Crippen molar-refractivity contribution in [1.29, 1.82) is 0 Å². The second-order valence-electron chi connectivity index (χ2n) is 7.57. The van der Waals surface area contributed by atoms with E-state index in [1.165, 1.54) is 5.56 Å². The summed E-state index contributed by atoms with van der Waals surface area (Å²) in [4.78, 5) is 12.6. The molecule has 1 amide bonds. The molecule has 0 unspecified atom stereocenters. The van der Waals surface area contributed by atoms with Crippen LogP contribution in [-0.4, -0.2) is 11.5 Å². The molecule has 0 bridgehead atoms. The molecule has 1 atom stereocenters. The van der Waals surface area contributed by atoms with Crippen LogP contribution in [0.4, 0.5) is 0 Å². The van der Waals surface area contributed by atoms with Gasteiger partial charge in [-0.25, -0.2) is 0 Å². The predicted octanol–water partition coefficient (Wildman–Crippen LogP) is 4.52. The highest BCUT2D eigenvalue weighted by atomic mass is 16.5. The predicted molar refractivity (Wildman–Crippen MR) is 101 cm³/mol. The summed E-state index contributed by atoms with van der Waals surface area (Å²) in [7, 11) is 0. The maximum Gasteiger partial charge on any atom is 0.224 e. The first kappa shape index (κ1) is 17.5. The van der Waals surface area contributed by atoms with Gasteiger partial charge in [0.1, 0.15) is 11.4 Å². The minimum atomic E-state index is -0.290. The van der Waals surface area contributed by atoms with Crippen molar-refractivity contribution < 1.29 is 9.53 Å². The fourth-order valence-corrected chi connectivity index (χ4v) is 3.41. The van der Waals surface area contributed by atoms with Crippen molar-refractivity contribution in [2.45, 2.75) is 58.6 Å². The average Bonchev–Trinajstić information content (AvgIpc) is 2.54. The molecule has 0 spiro atoms. The van der Waals surface area contributed by atoms with Gasteiger partial charge in [0.15, 0.2) is 0 Å². The van der Waals surface area contributed by atoms with Crippen LogP contribution < -0.4 is 10.1 Å². The Morgan fingerprint density at radius 2 is 1.84 bits per heavy atom. The maximum absolute atomic E-state index is 12.6. The van der Waals surface area contributed by atoms with Crippen molar-refractivity contribution in [1.82, 2.24) is 5.32 Å². The molecule has 25 heavy (non-hydrogen) atoms. The van der Waals surface area contributed by atoms with Gasteiger partial charge < -0.3 is 10.1 Å². The number of nitrogens with one attached hydrogen (secondary N) is 1. The van der Waals surface area contributed by atoms with E-state index in [1.54, 1.807) is 0 Å². The van der Waals surface area contributed by atoms with E-state index in [-0.39, 0.29) is 17.6 Å². The lowest BCUT2D eigenvalue weighted by molar-refractivity contribution is -0.121. The van der Waals surface area contributed by atoms with Crippen molar-refractivity contribution in [3.8, 4) is 5.75 Å². The number of carbonyl (C=O) groups is 1. The van der Waals surface area contributed by atoms with Crippen LogP contribution in [0.2, 0.25) is 0 Å². The molecular formula is C22H27NO2. The highest BCUT2D eigenvalue weighted by Gasteiger charge is 2.34. The third-order valence-corrected chi connectivity index (χ3v) is 4.76. The van der Waals surface area contributed by atoms with Crippen molar-refractivity contribution in [2.24, 2.45) is 0 Å². The van der Waals surface area contributed by atoms with Crippen molar-refractivity contribution >= 4 is 5.91 Å². The van der Waals surface area contributed by atoms with Crippen LogP contribution in [0.3, 0.4) is 0 Å². The second-order valence-corrected chi connectivity index (χ2v) is 7.57. The molecule has 0 saturated heterocycles. The summed E-state index contributed by atoms with van der Waals surface area (Å²) in [6.07, 6.45) is 2.19. The summed E-state index contributed by atoms with van der Waals surface area (Å²) < 4.78 is 6.10. The molecule has 0 fully saturated rings. The Bertz CT molecular complexity index is 762. The molecule has 3 nitrogen and oxygen atoms in total. The maximum atomic E-state index is 12.6. The average molecular weight is 337 g/mol. The molecule has 0 aromatic heterocycles. The van der Waals surface area contributed by atoms with Crippen LogP contribution in [0, 0.1) is 6.92 Å². The summed E-state index contributed by atoms with van der Waals surface area (Å²) in [5, 5.41) is 3.21. The Hall–Kier alpha value is -2.29. The molecule has 1 aliphatic heterocycles. The van der Waals surface area contributed by atoms with Gasteiger partial charge in [0, 0.05) is 12.0 Å². The number of aryl methyl sites for hydroxylation is 2. The molecule has 1 aliphatic rings. The van der Waals surface area contributed by atoms with Crippen LogP contribution in [-0.2, 0) is 17.6 Å². The SMILES string of the molecule is CCc1ccc(CC(=O)N[C@H]2CC(C)(C)Oc3cc(C)ccc32)cc1. The molecule has 132 valence electrons. The summed E-state index contributed by atoms with van der Waals surface area (Å²) in [6, 6.07) is 14.5. The zero-order valence-electron chi connectivity index (χ0n) is 15.6. The number of amides is 1. The molecule has 0 radical (unpaired) electrons. The number of benzene rings is 2. The van der Waals surface area contributed by atoms with Crippen LogP contribution in [0.5, 0.6) is 5.75 Å². The monoisotopic (exact) mass is 337 g/mol. The highest BCUT2D eigenvalue weighted by molar-refractivity contribution is 5.79. The zero-order valence-corrected chi connectivity index (χ0v) is 15.6. The first-order chi connectivity index (χ1) is 11.9. The molecule has 1 heterocycles. The second kappa shape index (κ2) is 6.91. The van der Waals surface area contributed by atoms with Crippen LogP contribution in [0.25, 0.3) is 0 Å². The number of hydrogen-bond donors (Lipinski definition) is 1. The van der Waals surface area contributed by atoms with Gasteiger partial charge in [-0.05, 0) is 49.9 Å². The topological polar surface area (TPSA) is 38.3 Å². The van der Waals surface area contributed by atoms with Gasteiger partial charge in [0.25, 0.3) is 0 Å². The van der Waals surface area contributed by atoms with Crippen LogP contribution >= 0.6 is 0 Å². The Labute approximate surface area is 150 Å². The molecule has 1 N–H and O–H groups in total. The largest absolute Gasteiger partial charge is 0.487 e. The smallest absolute Gasteiger partial charge is 0.224 e. The molecule has 0 saturated carbocycles. The van der Waals surface area contributed by atoms with E-state index in [4.69, 9.17) is 4.74 Å². The Morgan fingerprint density at radius 1 is 1.16 bits per heavy atom. The van der Waals surface area contributed by atoms with Crippen molar-refractivity contribution in [3.63, 3.8) is 0 Å². The van der Waals surface area contributed by atoms with Gasteiger partial charge >= 0.3 is 0 Å². The normalized spacial score (nSPS) is 18.2. The lowest BCUT2D eigenvalue weighted by Crippen LogP contribution is -2.41. The van der Waals surface area contributed by atoms with E-state index in [2.05, 4.69) is 63.3 Å². The van der Waals surface area contributed by atoms with Crippen molar-refractivity contribution in [3.05, 3.63) is 64.7 Å². The molecular weight excluding hydrogens is 310 g/mol. The van der Waals surface area contributed by atoms with E-state index in [0.29, 0.717) is 6.42 Å². The summed E-state index contributed by atoms with van der Waals surface area (Å²) in [5.41, 5.74) is 4.28. The summed E-state index contributed by atoms with van der Waals surface area (Å²) in [5.74, 6) is 0.937. The number of rotatable bonds is 4. The number of hydrogen-bond acceptors (Lipinski definition) is 2. The van der Waals surface area contributed by atoms with Gasteiger partial charge in [-0.15, -0.1) is 0 Å². The van der Waals surface area contributed by atoms with Gasteiger partial charge in [-0.3, -0.25) is 4.79 Å². The Morgan fingerprint density at radius 3 is 2.52 bits per heavy atom. The lowest BCUT2D eigenvalue weighted by atomic mass is 9.89. The van der Waals surface area contributed by atoms with E-state index < -0.39 is 0 Å². The quantitative estimate of drug-likeness (QED) is 0.891. The number of carbonyl (C=O) groups excluding carboxylic acids is 1. The fraction of sp³-hybridized carbons (Fsp3) is 0.409. The first-order valence-electron chi connectivity index (χ1n) is 9.03. The molecule has 2 aromatic rings. The van der Waals surface area contributed by atoms with E-state index >= 15 is 0 Å². The Balaban J connectivity index is 1.74. The zero-order chi connectivity index (χ0) is 18.0. The summed E-state index contributed by atoms with van der Waals surface area (Å²) in [6.45, 7) is 8.33. The third-order valence-electron chi connectivity index (χ3n) is 4.76. The van der Waals surface area contributed by atoms with Gasteiger partial charge in [-0.2, -0.15) is 0 Å². The molecule has 0 aliphatic carbocycles. The third kappa shape index (κ3) is 4.22. The van der Waals surface area contributed by atoms with E-state index in [0.717, 1.165) is 35.3 Å². The van der Waals surface area contributed by atoms with Gasteiger partial charge in [0.05, 0.1) is 12.5 Å². The lowest BCUT2D eigenvalue weighted by Gasteiger charge is -2.38. The fourth-order valence-electron chi connectivity index (χ4n) is 3.41. The molecule has 2 aromatic carbocycles. The highest BCUT2D eigenvalue weighted by Crippen LogP contribution is 2.39. The van der Waals surface area contributed by atoms with Crippen LogP contribution in [0.1, 0.15) is 55.5 Å². The van der Waals surface area contributed by atoms with E-state index in [1.807, 2.05) is 12.1 Å². The van der Waals surface area contributed by atoms with Crippen LogP contribution in [0.15, 0.2) is 42.5 Å². The minimum absolute atomic E-state index is 0.0123. The Kier molecular flexibility index (Phi) is 4.85. The molecule has 3 heteroatoms. The van der Waals surface area contributed by atoms with E-state index in [9.17, 15) is 4.79 Å². The van der Waals surface area contributed by atoms with Gasteiger partial charge in [0.2, 0.25) is 5.91 Å². The molecule has 3 rings (SSSR count). The minimum Gasteiger partial charge on any atom is -0.487 e. The number of fused-ring (bicyclic) bond motifs is 1. The standard InChI is InChI=1S/C22H27NO2/c1-5-16-7-9-17(10-8-16)13-21(24)23-19-14-22(3,4)25-20-12-15(2)6-11-18(19)20/h6-12,19H,5,13-14H2,1-4H3,(H,23,24)/t19-/m0/s1. The number of ether oxygens (including phenoxy) is 1. The first-order valence-corrected chi connectivity index (χ1v) is 9.03.